The van der Waals surface area contributed by atoms with Gasteiger partial charge in [-0.15, -0.1) is 0 Å². The van der Waals surface area contributed by atoms with E-state index in [1.54, 1.807) is 12.1 Å². The van der Waals surface area contributed by atoms with E-state index in [4.69, 9.17) is 0 Å². The standard InChI is InChI=1S/C20H24FNO2/c21-17-7-3-14(4-8-17)1-2-15-5-9-18(22-13-15)11-16-6-10-19(23)20(24)12-16/h3-4,6-8,10,12,15,18,22-24H,1-2,5,9,11,13H2. The van der Waals surface area contributed by atoms with Crippen molar-refractivity contribution >= 4 is 0 Å². The quantitative estimate of drug-likeness (QED) is 0.732. The lowest BCUT2D eigenvalue weighted by Gasteiger charge is -2.30. The van der Waals surface area contributed by atoms with E-state index in [0.717, 1.165) is 37.8 Å². The monoisotopic (exact) mass is 329 g/mol. The van der Waals surface area contributed by atoms with Crippen LogP contribution >= 0.6 is 0 Å². The Bertz CT molecular complexity index is 664. The van der Waals surface area contributed by atoms with Gasteiger partial charge in [-0.25, -0.2) is 4.39 Å². The number of phenolic OH excluding ortho intramolecular Hbond substituents is 2. The molecule has 0 aliphatic carbocycles. The van der Waals surface area contributed by atoms with Gasteiger partial charge >= 0.3 is 0 Å². The van der Waals surface area contributed by atoms with Crippen LogP contribution in [-0.4, -0.2) is 22.8 Å². The summed E-state index contributed by atoms with van der Waals surface area (Å²) < 4.78 is 12.9. The highest BCUT2D eigenvalue weighted by Gasteiger charge is 2.20. The maximum absolute atomic E-state index is 12.9. The van der Waals surface area contributed by atoms with Gasteiger partial charge in [0.15, 0.2) is 11.5 Å². The topological polar surface area (TPSA) is 52.5 Å². The Hall–Kier alpha value is -2.07. The van der Waals surface area contributed by atoms with Crippen LogP contribution in [0.3, 0.4) is 0 Å². The first-order valence-corrected chi connectivity index (χ1v) is 8.59. The summed E-state index contributed by atoms with van der Waals surface area (Å²) in [5.74, 6) is 0.345. The van der Waals surface area contributed by atoms with Crippen LogP contribution in [0.2, 0.25) is 0 Å². The largest absolute Gasteiger partial charge is 0.504 e. The number of hydrogen-bond donors (Lipinski definition) is 3. The lowest BCUT2D eigenvalue weighted by molar-refractivity contribution is 0.296. The molecule has 1 aliphatic heterocycles. The van der Waals surface area contributed by atoms with Gasteiger partial charge in [-0.05, 0) is 80.0 Å². The van der Waals surface area contributed by atoms with Crippen LogP contribution in [-0.2, 0) is 12.8 Å². The Morgan fingerprint density at radius 2 is 1.71 bits per heavy atom. The molecule has 4 heteroatoms. The zero-order valence-electron chi connectivity index (χ0n) is 13.7. The summed E-state index contributed by atoms with van der Waals surface area (Å²) in [7, 11) is 0. The minimum absolute atomic E-state index is 0.0551. The molecule has 128 valence electrons. The van der Waals surface area contributed by atoms with Gasteiger partial charge in [0.1, 0.15) is 5.82 Å². The van der Waals surface area contributed by atoms with E-state index in [-0.39, 0.29) is 17.3 Å². The Balaban J connectivity index is 1.43. The average Bonchev–Trinajstić information content (AvgIpc) is 2.59. The number of piperidine rings is 1. The molecule has 0 saturated carbocycles. The lowest BCUT2D eigenvalue weighted by Crippen LogP contribution is -2.40. The SMILES string of the molecule is Oc1ccc(CC2CCC(CCc3ccc(F)cc3)CN2)cc1O. The molecule has 2 aromatic carbocycles. The second kappa shape index (κ2) is 7.67. The van der Waals surface area contributed by atoms with Gasteiger partial charge in [0.25, 0.3) is 0 Å². The Morgan fingerprint density at radius 1 is 0.958 bits per heavy atom. The van der Waals surface area contributed by atoms with Crippen LogP contribution in [0.1, 0.15) is 30.4 Å². The highest BCUT2D eigenvalue weighted by atomic mass is 19.1. The number of benzene rings is 2. The lowest BCUT2D eigenvalue weighted by atomic mass is 9.88. The third-order valence-corrected chi connectivity index (χ3v) is 4.90. The molecule has 3 nitrogen and oxygen atoms in total. The van der Waals surface area contributed by atoms with Crippen molar-refractivity contribution < 1.29 is 14.6 Å². The molecular formula is C20H24FNO2. The summed E-state index contributed by atoms with van der Waals surface area (Å²) in [6.07, 6.45) is 5.26. The van der Waals surface area contributed by atoms with E-state index < -0.39 is 0 Å². The molecular weight excluding hydrogens is 305 g/mol. The molecule has 3 N–H and O–H groups in total. The number of aromatic hydroxyl groups is 2. The number of rotatable bonds is 5. The van der Waals surface area contributed by atoms with Crippen LogP contribution in [0.5, 0.6) is 11.5 Å². The zero-order chi connectivity index (χ0) is 16.9. The van der Waals surface area contributed by atoms with Crippen molar-refractivity contribution in [2.75, 3.05) is 6.54 Å². The summed E-state index contributed by atoms with van der Waals surface area (Å²) in [5, 5.41) is 22.5. The van der Waals surface area contributed by atoms with Crippen LogP contribution in [0.25, 0.3) is 0 Å². The second-order valence-electron chi connectivity index (χ2n) is 6.74. The van der Waals surface area contributed by atoms with E-state index >= 15 is 0 Å². The van der Waals surface area contributed by atoms with Crippen LogP contribution in [0, 0.1) is 11.7 Å². The molecule has 2 aromatic rings. The van der Waals surface area contributed by atoms with Gasteiger partial charge in [0, 0.05) is 6.04 Å². The van der Waals surface area contributed by atoms with Crippen LogP contribution < -0.4 is 5.32 Å². The van der Waals surface area contributed by atoms with Crippen molar-refractivity contribution in [1.29, 1.82) is 0 Å². The van der Waals surface area contributed by atoms with Crippen molar-refractivity contribution in [3.8, 4) is 11.5 Å². The fourth-order valence-corrected chi connectivity index (χ4v) is 3.40. The summed E-state index contributed by atoms with van der Waals surface area (Å²) >= 11 is 0. The summed E-state index contributed by atoms with van der Waals surface area (Å²) in [6.45, 7) is 0.996. The highest BCUT2D eigenvalue weighted by molar-refractivity contribution is 5.40. The molecule has 0 bridgehead atoms. The fraction of sp³-hybridized carbons (Fsp3) is 0.400. The van der Waals surface area contributed by atoms with Gasteiger partial charge in [-0.3, -0.25) is 0 Å². The van der Waals surface area contributed by atoms with Crippen molar-refractivity contribution in [2.24, 2.45) is 5.92 Å². The third-order valence-electron chi connectivity index (χ3n) is 4.90. The first-order chi connectivity index (χ1) is 11.6. The molecule has 1 fully saturated rings. The summed E-state index contributed by atoms with van der Waals surface area (Å²) in [5.41, 5.74) is 2.23. The number of halogens is 1. The molecule has 0 radical (unpaired) electrons. The third kappa shape index (κ3) is 4.48. The van der Waals surface area contributed by atoms with E-state index in [1.807, 2.05) is 18.2 Å². The molecule has 1 saturated heterocycles. The normalized spacial score (nSPS) is 20.9. The van der Waals surface area contributed by atoms with Crippen molar-refractivity contribution in [1.82, 2.24) is 5.32 Å². The maximum Gasteiger partial charge on any atom is 0.157 e. The molecule has 24 heavy (non-hydrogen) atoms. The van der Waals surface area contributed by atoms with Gasteiger partial charge < -0.3 is 15.5 Å². The molecule has 0 spiro atoms. The van der Waals surface area contributed by atoms with E-state index in [2.05, 4.69) is 5.32 Å². The van der Waals surface area contributed by atoms with Gasteiger partial charge in [-0.2, -0.15) is 0 Å². The molecule has 3 rings (SSSR count). The molecule has 2 unspecified atom stereocenters. The number of phenols is 2. The average molecular weight is 329 g/mol. The minimum atomic E-state index is -0.179. The zero-order valence-corrected chi connectivity index (χ0v) is 13.7. The van der Waals surface area contributed by atoms with Crippen LogP contribution in [0.15, 0.2) is 42.5 Å². The number of aryl methyl sites for hydroxylation is 1. The van der Waals surface area contributed by atoms with Crippen molar-refractivity contribution in [2.45, 2.75) is 38.1 Å². The van der Waals surface area contributed by atoms with Gasteiger partial charge in [0.2, 0.25) is 0 Å². The predicted molar refractivity (Wildman–Crippen MR) is 92.7 cm³/mol. The minimum Gasteiger partial charge on any atom is -0.504 e. The van der Waals surface area contributed by atoms with Crippen molar-refractivity contribution in [3.05, 3.63) is 59.4 Å². The maximum atomic E-state index is 12.9. The first kappa shape index (κ1) is 16.8. The molecule has 2 atom stereocenters. The molecule has 1 aliphatic rings. The summed E-state index contributed by atoms with van der Waals surface area (Å²) in [6, 6.07) is 12.2. The first-order valence-electron chi connectivity index (χ1n) is 8.59. The number of hydrogen-bond acceptors (Lipinski definition) is 3. The van der Waals surface area contributed by atoms with E-state index in [1.165, 1.54) is 24.1 Å². The number of nitrogens with one attached hydrogen (secondary N) is 1. The van der Waals surface area contributed by atoms with Crippen molar-refractivity contribution in [3.63, 3.8) is 0 Å². The fourth-order valence-electron chi connectivity index (χ4n) is 3.40. The summed E-state index contributed by atoms with van der Waals surface area (Å²) in [4.78, 5) is 0. The molecule has 0 amide bonds. The molecule has 0 aromatic heterocycles. The smallest absolute Gasteiger partial charge is 0.157 e. The van der Waals surface area contributed by atoms with Crippen LogP contribution in [0.4, 0.5) is 4.39 Å². The van der Waals surface area contributed by atoms with Gasteiger partial charge in [-0.1, -0.05) is 18.2 Å². The van der Waals surface area contributed by atoms with Gasteiger partial charge in [0.05, 0.1) is 0 Å². The highest BCUT2D eigenvalue weighted by Crippen LogP contribution is 2.27. The Morgan fingerprint density at radius 3 is 2.38 bits per heavy atom. The Labute approximate surface area is 142 Å². The van der Waals surface area contributed by atoms with E-state index in [9.17, 15) is 14.6 Å². The molecule has 1 heterocycles. The van der Waals surface area contributed by atoms with E-state index in [0.29, 0.717) is 12.0 Å². The Kier molecular flexibility index (Phi) is 5.36. The predicted octanol–water partition coefficient (Wildman–Crippen LogP) is 3.78. The second-order valence-corrected chi connectivity index (χ2v) is 6.74.